The fourth-order valence-corrected chi connectivity index (χ4v) is 20.3. The van der Waals surface area contributed by atoms with Gasteiger partial charge in [0.1, 0.15) is 0 Å². The predicted molar refractivity (Wildman–Crippen MR) is 528 cm³/mol. The van der Waals surface area contributed by atoms with E-state index in [9.17, 15) is 0 Å². The largest absolute Gasteiger partial charge is 0.309 e. The molecule has 21 aromatic carbocycles. The number of para-hydroxylation sites is 6. The summed E-state index contributed by atoms with van der Waals surface area (Å²) in [6, 6.07) is 156. The minimum atomic E-state index is 1.03. The molecule has 0 spiro atoms. The number of aryl methyl sites for hydroxylation is 4. The highest BCUT2D eigenvalue weighted by atomic mass is 15.0. The first-order valence-electron chi connectivity index (χ1n) is 43.0. The van der Waals surface area contributed by atoms with E-state index >= 15 is 0 Å². The first kappa shape index (κ1) is 73.9. The Morgan fingerprint density at radius 2 is 0.415 bits per heavy atom. The summed E-state index contributed by atoms with van der Waals surface area (Å²) in [6.07, 6.45) is 1.03. The lowest BCUT2D eigenvalue weighted by Crippen LogP contribution is -1.95. The summed E-state index contributed by atoms with van der Waals surface area (Å²) in [5.74, 6) is 0. The molecule has 0 bridgehead atoms. The van der Waals surface area contributed by atoms with E-state index in [1.165, 1.54) is 242 Å². The Hall–Kier alpha value is -15.4. The number of rotatable bonds is 10. The number of hydrogen-bond donors (Lipinski definition) is 0. The average Bonchev–Trinajstić information content (AvgIpc) is 1.66. The monoisotopic (exact) mass is 1570 g/mol. The lowest BCUT2D eigenvalue weighted by molar-refractivity contribution is 1.14. The van der Waals surface area contributed by atoms with Crippen LogP contribution < -0.4 is 0 Å². The molecule has 123 heavy (non-hydrogen) atoms. The lowest BCUT2D eigenvalue weighted by Gasteiger charge is -2.19. The first-order chi connectivity index (χ1) is 60.7. The number of benzene rings is 21. The van der Waals surface area contributed by atoms with Crippen molar-refractivity contribution in [2.75, 3.05) is 0 Å². The normalized spacial score (nSPS) is 11.7. The molecular formula is C120H87N3. The number of fused-ring (bicyclic) bond motifs is 15. The van der Waals surface area contributed by atoms with E-state index in [0.29, 0.717) is 0 Å². The van der Waals surface area contributed by atoms with Crippen LogP contribution in [0.1, 0.15) is 34.7 Å². The van der Waals surface area contributed by atoms with Crippen molar-refractivity contribution in [3.63, 3.8) is 0 Å². The van der Waals surface area contributed by atoms with Gasteiger partial charge in [-0.25, -0.2) is 0 Å². The van der Waals surface area contributed by atoms with Crippen molar-refractivity contribution in [2.24, 2.45) is 0 Å². The zero-order valence-electron chi connectivity index (χ0n) is 69.5. The van der Waals surface area contributed by atoms with Crippen molar-refractivity contribution >= 4 is 130 Å². The first-order valence-corrected chi connectivity index (χ1v) is 43.0. The predicted octanol–water partition coefficient (Wildman–Crippen LogP) is 33.1. The molecular weight excluding hydrogens is 1480 g/mol. The third-order valence-electron chi connectivity index (χ3n) is 25.8. The third-order valence-corrected chi connectivity index (χ3v) is 25.8. The maximum absolute atomic E-state index is 2.38. The second-order valence-corrected chi connectivity index (χ2v) is 33.0. The van der Waals surface area contributed by atoms with Crippen LogP contribution in [0.4, 0.5) is 0 Å². The molecule has 24 rings (SSSR count). The van der Waals surface area contributed by atoms with Crippen LogP contribution >= 0.6 is 0 Å². The van der Waals surface area contributed by atoms with E-state index in [4.69, 9.17) is 0 Å². The molecule has 0 unspecified atom stereocenters. The number of aromatic nitrogens is 3. The number of hydrogen-bond acceptors (Lipinski definition) is 0. The minimum Gasteiger partial charge on any atom is -0.309 e. The highest BCUT2D eigenvalue weighted by Crippen LogP contribution is 2.50. The van der Waals surface area contributed by atoms with Gasteiger partial charge in [-0.1, -0.05) is 370 Å². The topological polar surface area (TPSA) is 14.8 Å². The molecule has 582 valence electrons. The van der Waals surface area contributed by atoms with Crippen LogP contribution in [0.5, 0.6) is 0 Å². The van der Waals surface area contributed by atoms with Gasteiger partial charge in [0.25, 0.3) is 0 Å². The van der Waals surface area contributed by atoms with Crippen molar-refractivity contribution in [1.82, 2.24) is 13.7 Å². The molecule has 0 N–H and O–H groups in total. The van der Waals surface area contributed by atoms with Crippen LogP contribution in [-0.4, -0.2) is 13.7 Å². The van der Waals surface area contributed by atoms with Gasteiger partial charge < -0.3 is 13.7 Å². The summed E-state index contributed by atoms with van der Waals surface area (Å²) in [7, 11) is 0. The Bertz CT molecular complexity index is 7960. The van der Waals surface area contributed by atoms with Crippen molar-refractivity contribution in [3.05, 3.63) is 452 Å². The molecule has 0 saturated heterocycles. The van der Waals surface area contributed by atoms with Crippen LogP contribution in [-0.2, 0) is 6.42 Å². The molecule has 0 saturated carbocycles. The van der Waals surface area contributed by atoms with E-state index in [1.54, 1.807) is 0 Å². The van der Waals surface area contributed by atoms with Gasteiger partial charge in [0.15, 0.2) is 0 Å². The molecule has 0 amide bonds. The van der Waals surface area contributed by atoms with Crippen LogP contribution in [0.25, 0.3) is 214 Å². The molecule has 3 heterocycles. The molecule has 3 aromatic heterocycles. The van der Waals surface area contributed by atoms with E-state index in [-0.39, 0.29) is 0 Å². The third kappa shape index (κ3) is 12.6. The van der Waals surface area contributed by atoms with E-state index in [2.05, 4.69) is 473 Å². The quantitative estimate of drug-likeness (QED) is 0.121. The Balaban J connectivity index is 0.000000110. The maximum Gasteiger partial charge on any atom is 0.0541 e. The van der Waals surface area contributed by atoms with Gasteiger partial charge in [-0.2, -0.15) is 0 Å². The smallest absolute Gasteiger partial charge is 0.0541 e. The molecule has 0 aliphatic heterocycles. The fraction of sp³-hybridized carbons (Fsp3) is 0.0500. The Morgan fingerprint density at radius 1 is 0.179 bits per heavy atom. The Labute approximate surface area is 716 Å². The molecule has 3 nitrogen and oxygen atoms in total. The number of nitrogens with zero attached hydrogens (tertiary/aromatic N) is 3. The van der Waals surface area contributed by atoms with Gasteiger partial charge in [-0.15, -0.1) is 0 Å². The second-order valence-electron chi connectivity index (χ2n) is 33.0. The van der Waals surface area contributed by atoms with Gasteiger partial charge in [-0.05, 0) is 255 Å². The molecule has 0 radical (unpaired) electrons. The lowest BCUT2D eigenvalue weighted by atomic mass is 9.84. The highest BCUT2D eigenvalue weighted by Gasteiger charge is 2.24. The zero-order valence-corrected chi connectivity index (χ0v) is 69.5. The van der Waals surface area contributed by atoms with Gasteiger partial charge >= 0.3 is 0 Å². The minimum absolute atomic E-state index is 1.03. The molecule has 24 aromatic rings. The highest BCUT2D eigenvalue weighted by molar-refractivity contribution is 6.25. The van der Waals surface area contributed by atoms with Crippen molar-refractivity contribution in [2.45, 2.75) is 41.0 Å². The SMILES string of the molecule is CCc1cccc(-c2c3ccccc3c(-c3ccc(-n4c5ccccc5c5ccccc54)cc3)c3ccccc23)c1.Cc1cc(C)cc(-c2c3ccccc3c(-c3ccc(-n4c5ccccc5c5ccccc54)cc3)c3ccccc23)c1.Cc1cccc(-c2c3ccccc3c(-c3ccc(-n4c5ccccc5c5ccccc54)cc3)c3ccccc23)c1C. The maximum atomic E-state index is 2.38. The standard InChI is InChI=1S/3C40H29N/c1-26-12-11-19-30(27(26)2)40-35-17-5-3-15-33(35)39(34-16-4-6-18-36(34)40)28-22-24-29(25-23-28)41-37-20-9-7-13-31(37)32-14-8-10-21-38(32)41;1-26-23-27(2)25-29(24-26)40-35-15-5-3-13-33(35)39(34-14-4-6-16-36(34)40)28-19-21-30(22-20-28)41-37-17-9-7-11-31(37)32-12-8-10-18-38(32)41;1-2-27-12-11-13-29(26-27)40-35-18-5-3-16-33(35)39(34-17-4-6-19-36(34)40)28-22-24-30(25-23-28)41-37-20-9-7-14-31(37)32-15-8-10-21-38(32)41/h2*3-25H,1-2H3;3-26H,2H2,1H3. The summed E-state index contributed by atoms with van der Waals surface area (Å²) in [5, 5.41) is 23.2. The summed E-state index contributed by atoms with van der Waals surface area (Å²) in [6.45, 7) is 11.1. The summed E-state index contributed by atoms with van der Waals surface area (Å²) >= 11 is 0. The fourth-order valence-electron chi connectivity index (χ4n) is 20.3. The van der Waals surface area contributed by atoms with Gasteiger partial charge in [0.2, 0.25) is 0 Å². The van der Waals surface area contributed by atoms with Crippen LogP contribution in [0, 0.1) is 27.7 Å². The van der Waals surface area contributed by atoms with Gasteiger partial charge in [0.05, 0.1) is 33.1 Å². The summed E-state index contributed by atoms with van der Waals surface area (Å²) in [5.41, 5.74) is 32.9. The van der Waals surface area contributed by atoms with Crippen LogP contribution in [0.15, 0.2) is 425 Å². The van der Waals surface area contributed by atoms with Crippen molar-refractivity contribution in [3.8, 4) is 83.8 Å². The zero-order chi connectivity index (χ0) is 82.3. The van der Waals surface area contributed by atoms with Gasteiger partial charge in [0, 0.05) is 49.4 Å². The molecule has 0 aliphatic carbocycles. The second kappa shape index (κ2) is 30.7. The molecule has 0 aliphatic rings. The molecule has 0 fully saturated rings. The summed E-state index contributed by atoms with van der Waals surface area (Å²) < 4.78 is 7.15. The van der Waals surface area contributed by atoms with E-state index < -0.39 is 0 Å². The van der Waals surface area contributed by atoms with Crippen molar-refractivity contribution in [1.29, 1.82) is 0 Å². The Kier molecular flexibility index (Phi) is 18.5. The molecule has 0 atom stereocenters. The van der Waals surface area contributed by atoms with E-state index in [1.807, 2.05) is 0 Å². The van der Waals surface area contributed by atoms with Crippen LogP contribution in [0.2, 0.25) is 0 Å². The van der Waals surface area contributed by atoms with E-state index in [0.717, 1.165) is 6.42 Å². The van der Waals surface area contributed by atoms with Crippen LogP contribution in [0.3, 0.4) is 0 Å². The molecule has 3 heteroatoms. The van der Waals surface area contributed by atoms with Crippen molar-refractivity contribution < 1.29 is 0 Å². The average molecular weight is 1570 g/mol. The summed E-state index contributed by atoms with van der Waals surface area (Å²) in [4.78, 5) is 0. The van der Waals surface area contributed by atoms with Gasteiger partial charge in [-0.3, -0.25) is 0 Å². The Morgan fingerprint density at radius 3 is 0.691 bits per heavy atom.